The second kappa shape index (κ2) is 7.96. The van der Waals surface area contributed by atoms with Crippen molar-refractivity contribution in [2.75, 3.05) is 5.32 Å². The standard InChI is InChI=1S/C21H15ClN4O5/c22-14-6-9-18-17(11-14)21(29)25(19(23-18)12-4-7-16(27)8-5-12)24-20(28)13-2-1-3-15(10-13)26(30)31/h1-11,19,23,27H,(H,24,28). The number of aromatic hydroxyl groups is 1. The van der Waals surface area contributed by atoms with Crippen LogP contribution in [0.15, 0.2) is 66.7 Å². The van der Waals surface area contributed by atoms with Gasteiger partial charge in [-0.2, -0.15) is 0 Å². The zero-order chi connectivity index (χ0) is 22.1. The van der Waals surface area contributed by atoms with Gasteiger partial charge in [-0.25, -0.2) is 5.01 Å². The van der Waals surface area contributed by atoms with E-state index in [0.717, 1.165) is 11.1 Å². The minimum atomic E-state index is -0.801. The highest BCUT2D eigenvalue weighted by Gasteiger charge is 2.35. The first-order valence-corrected chi connectivity index (χ1v) is 9.45. The minimum Gasteiger partial charge on any atom is -0.508 e. The third kappa shape index (κ3) is 3.99. The SMILES string of the molecule is O=C(NN1C(=O)c2cc(Cl)ccc2NC1c1ccc(O)cc1)c1cccc([N+](=O)[O-])c1. The van der Waals surface area contributed by atoms with Crippen molar-refractivity contribution in [3.05, 3.63) is 98.6 Å². The molecule has 31 heavy (non-hydrogen) atoms. The lowest BCUT2D eigenvalue weighted by Gasteiger charge is -2.37. The van der Waals surface area contributed by atoms with Gasteiger partial charge in [-0.15, -0.1) is 0 Å². The number of nitro benzene ring substituents is 1. The van der Waals surface area contributed by atoms with Crippen LogP contribution in [0, 0.1) is 10.1 Å². The van der Waals surface area contributed by atoms with Crippen LogP contribution in [0.25, 0.3) is 0 Å². The molecule has 10 heteroatoms. The molecule has 0 aliphatic carbocycles. The van der Waals surface area contributed by atoms with Gasteiger partial charge in [0.1, 0.15) is 11.9 Å². The van der Waals surface area contributed by atoms with Crippen molar-refractivity contribution in [1.82, 2.24) is 10.4 Å². The normalized spacial score (nSPS) is 15.1. The molecule has 3 aromatic rings. The molecule has 1 aliphatic rings. The molecule has 0 saturated carbocycles. The summed E-state index contributed by atoms with van der Waals surface area (Å²) in [6.45, 7) is 0. The predicted octanol–water partition coefficient (Wildman–Crippen LogP) is 3.87. The van der Waals surface area contributed by atoms with Crippen LogP contribution in [0.2, 0.25) is 5.02 Å². The Morgan fingerprint density at radius 2 is 1.87 bits per heavy atom. The number of hydrogen-bond donors (Lipinski definition) is 3. The number of hydrogen-bond acceptors (Lipinski definition) is 6. The van der Waals surface area contributed by atoms with E-state index in [1.54, 1.807) is 24.3 Å². The van der Waals surface area contributed by atoms with Gasteiger partial charge in [-0.3, -0.25) is 25.1 Å². The fraction of sp³-hybridized carbons (Fsp3) is 0.0476. The number of benzene rings is 3. The van der Waals surface area contributed by atoms with Crippen molar-refractivity contribution in [2.24, 2.45) is 0 Å². The topological polar surface area (TPSA) is 125 Å². The van der Waals surface area contributed by atoms with Gasteiger partial charge >= 0.3 is 0 Å². The van der Waals surface area contributed by atoms with Crippen LogP contribution in [0.5, 0.6) is 5.75 Å². The van der Waals surface area contributed by atoms with E-state index in [0.29, 0.717) is 16.3 Å². The number of anilines is 1. The van der Waals surface area contributed by atoms with Crippen LogP contribution in [0.4, 0.5) is 11.4 Å². The summed E-state index contributed by atoms with van der Waals surface area (Å²) in [6.07, 6.45) is -0.801. The van der Waals surface area contributed by atoms with E-state index in [1.807, 2.05) is 0 Å². The summed E-state index contributed by atoms with van der Waals surface area (Å²) in [5, 5.41) is 25.2. The molecule has 2 amide bonds. The maximum absolute atomic E-state index is 13.2. The quantitative estimate of drug-likeness (QED) is 0.419. The molecule has 3 N–H and O–H groups in total. The molecular formula is C21H15ClN4O5. The number of carbonyl (C=O) groups is 2. The summed E-state index contributed by atoms with van der Waals surface area (Å²) in [5.74, 6) is -1.17. The van der Waals surface area contributed by atoms with E-state index in [4.69, 9.17) is 11.6 Å². The Bertz CT molecular complexity index is 1200. The number of phenols is 1. The number of fused-ring (bicyclic) bond motifs is 1. The van der Waals surface area contributed by atoms with Crippen molar-refractivity contribution < 1.29 is 19.6 Å². The highest BCUT2D eigenvalue weighted by atomic mass is 35.5. The number of rotatable bonds is 4. The summed E-state index contributed by atoms with van der Waals surface area (Å²) < 4.78 is 0. The first-order chi connectivity index (χ1) is 14.8. The highest BCUT2D eigenvalue weighted by molar-refractivity contribution is 6.31. The van der Waals surface area contributed by atoms with Gasteiger partial charge in [0.15, 0.2) is 0 Å². The van der Waals surface area contributed by atoms with Gasteiger partial charge in [0, 0.05) is 28.4 Å². The summed E-state index contributed by atoms with van der Waals surface area (Å²) in [6, 6.07) is 16.1. The number of amides is 2. The second-order valence-corrected chi connectivity index (χ2v) is 7.19. The van der Waals surface area contributed by atoms with Gasteiger partial charge in [0.05, 0.1) is 10.5 Å². The first kappa shape index (κ1) is 20.2. The number of halogens is 1. The van der Waals surface area contributed by atoms with Crippen LogP contribution in [-0.4, -0.2) is 26.9 Å². The smallest absolute Gasteiger partial charge is 0.276 e. The first-order valence-electron chi connectivity index (χ1n) is 9.07. The number of nitrogens with one attached hydrogen (secondary N) is 2. The zero-order valence-corrected chi connectivity index (χ0v) is 16.5. The maximum Gasteiger partial charge on any atom is 0.276 e. The Morgan fingerprint density at radius 3 is 2.58 bits per heavy atom. The molecule has 156 valence electrons. The van der Waals surface area contributed by atoms with Gasteiger partial charge in [0.2, 0.25) is 0 Å². The van der Waals surface area contributed by atoms with Gasteiger partial charge in [-0.1, -0.05) is 29.8 Å². The number of non-ortho nitro benzene ring substituents is 1. The van der Waals surface area contributed by atoms with Gasteiger partial charge in [0.25, 0.3) is 17.5 Å². The third-order valence-corrected chi connectivity index (χ3v) is 4.97. The van der Waals surface area contributed by atoms with Crippen LogP contribution in [0.3, 0.4) is 0 Å². The fourth-order valence-electron chi connectivity index (χ4n) is 3.22. The predicted molar refractivity (Wildman–Crippen MR) is 113 cm³/mol. The van der Waals surface area contributed by atoms with Crippen molar-refractivity contribution in [2.45, 2.75) is 6.17 Å². The Hall–Kier alpha value is -4.11. The van der Waals surface area contributed by atoms with Gasteiger partial charge < -0.3 is 10.4 Å². The minimum absolute atomic E-state index is 0.0170. The molecule has 9 nitrogen and oxygen atoms in total. The highest BCUT2D eigenvalue weighted by Crippen LogP contribution is 2.34. The average Bonchev–Trinajstić information content (AvgIpc) is 2.76. The summed E-state index contributed by atoms with van der Waals surface area (Å²) in [7, 11) is 0. The van der Waals surface area contributed by atoms with E-state index in [1.165, 1.54) is 36.4 Å². The van der Waals surface area contributed by atoms with Crippen LogP contribution in [-0.2, 0) is 0 Å². The molecule has 0 saturated heterocycles. The number of nitro groups is 1. The molecule has 0 spiro atoms. The maximum atomic E-state index is 13.2. The van der Waals surface area contributed by atoms with E-state index in [9.17, 15) is 24.8 Å². The lowest BCUT2D eigenvalue weighted by Crippen LogP contribution is -2.52. The number of hydrazine groups is 1. The number of nitrogens with zero attached hydrogens (tertiary/aromatic N) is 2. The monoisotopic (exact) mass is 438 g/mol. The van der Waals surface area contributed by atoms with E-state index in [2.05, 4.69) is 10.7 Å². The summed E-state index contributed by atoms with van der Waals surface area (Å²) in [4.78, 5) is 36.4. The Kier molecular flexibility index (Phi) is 5.18. The molecular weight excluding hydrogens is 424 g/mol. The lowest BCUT2D eigenvalue weighted by atomic mass is 10.0. The molecule has 1 atom stereocenters. The molecule has 0 fully saturated rings. The van der Waals surface area contributed by atoms with Crippen molar-refractivity contribution in [3.63, 3.8) is 0 Å². The average molecular weight is 439 g/mol. The van der Waals surface area contributed by atoms with E-state index >= 15 is 0 Å². The summed E-state index contributed by atoms with van der Waals surface area (Å²) >= 11 is 6.03. The molecule has 1 aliphatic heterocycles. The number of carbonyl (C=O) groups excluding carboxylic acids is 2. The van der Waals surface area contributed by atoms with Crippen LogP contribution >= 0.6 is 11.6 Å². The third-order valence-electron chi connectivity index (χ3n) is 4.73. The van der Waals surface area contributed by atoms with Crippen LogP contribution < -0.4 is 10.7 Å². The second-order valence-electron chi connectivity index (χ2n) is 6.75. The molecule has 3 aromatic carbocycles. The Labute approximate surface area is 181 Å². The van der Waals surface area contributed by atoms with E-state index in [-0.39, 0.29) is 22.6 Å². The van der Waals surface area contributed by atoms with Crippen molar-refractivity contribution in [1.29, 1.82) is 0 Å². The molecule has 1 heterocycles. The fourth-order valence-corrected chi connectivity index (χ4v) is 3.39. The van der Waals surface area contributed by atoms with Crippen molar-refractivity contribution in [3.8, 4) is 5.75 Å². The zero-order valence-electron chi connectivity index (χ0n) is 15.8. The molecule has 0 aromatic heterocycles. The Morgan fingerprint density at radius 1 is 1.13 bits per heavy atom. The van der Waals surface area contributed by atoms with Crippen LogP contribution in [0.1, 0.15) is 32.4 Å². The molecule has 0 radical (unpaired) electrons. The number of phenolic OH excluding ortho intramolecular Hbond substituents is 1. The molecule has 0 bridgehead atoms. The molecule has 1 unspecified atom stereocenters. The largest absolute Gasteiger partial charge is 0.508 e. The summed E-state index contributed by atoms with van der Waals surface area (Å²) in [5.41, 5.74) is 3.66. The van der Waals surface area contributed by atoms with Gasteiger partial charge in [-0.05, 0) is 42.0 Å². The molecule has 4 rings (SSSR count). The Balaban J connectivity index is 1.72. The van der Waals surface area contributed by atoms with E-state index < -0.39 is 22.9 Å². The van der Waals surface area contributed by atoms with Crippen molar-refractivity contribution >= 4 is 34.8 Å². The lowest BCUT2D eigenvalue weighted by molar-refractivity contribution is -0.384.